The van der Waals surface area contributed by atoms with Crippen molar-refractivity contribution < 1.29 is 24.6 Å². The van der Waals surface area contributed by atoms with Gasteiger partial charge in [-0.15, -0.1) is 0 Å². The molecule has 0 atom stereocenters. The number of aromatic nitrogens is 1. The first kappa shape index (κ1) is 23.3. The average Bonchev–Trinajstić information content (AvgIpc) is 3.28. The standard InChI is InChI=1S/C36H42F2NOSi/c1-22-11-14-31(39(9)20-22)32-23(2)12-13-29-30-18-24(25-16-27(37)19-28(38)17-25)15-26(33(30)40-34(29)32)21-41(10,35(3,4)5)36(6,7)8/h11-20H,21H2,1-10H3/q+1/i1D3,21D2. The summed E-state index contributed by atoms with van der Waals surface area (Å²) in [5.74, 6) is -3.28. The SMILES string of the molecule is [2H]C([2H])([2H])c1ccc(-c2c(C)ccc3c2oc2c(C([2H])([2H])[Si](C)(C(C)(C)C)C(C)(C)C)cc(-c4cc(F)cc(F)c4)cc23)[n+](C)c1. The van der Waals surface area contributed by atoms with Crippen molar-refractivity contribution >= 4 is 30.0 Å². The molecule has 0 saturated heterocycles. The van der Waals surface area contributed by atoms with E-state index in [-0.39, 0.29) is 15.6 Å². The quantitative estimate of drug-likeness (QED) is 0.154. The van der Waals surface area contributed by atoms with Crippen LogP contribution in [0.25, 0.3) is 44.3 Å². The maximum absolute atomic E-state index is 14.5. The van der Waals surface area contributed by atoms with Crippen LogP contribution in [0.15, 0.2) is 65.2 Å². The highest BCUT2D eigenvalue weighted by Gasteiger charge is 2.49. The smallest absolute Gasteiger partial charge is 0.216 e. The maximum atomic E-state index is 14.5. The van der Waals surface area contributed by atoms with Crippen LogP contribution >= 0.6 is 0 Å². The van der Waals surface area contributed by atoms with Gasteiger partial charge in [-0.2, -0.15) is 0 Å². The van der Waals surface area contributed by atoms with Crippen LogP contribution in [0.1, 0.15) is 65.1 Å². The van der Waals surface area contributed by atoms with Crippen LogP contribution in [0.5, 0.6) is 0 Å². The first-order chi connectivity index (χ1) is 21.0. The third-order valence-electron chi connectivity index (χ3n) is 8.92. The molecule has 0 unspecified atom stereocenters. The molecule has 5 heteroatoms. The Labute approximate surface area is 251 Å². The summed E-state index contributed by atoms with van der Waals surface area (Å²) >= 11 is 0. The largest absolute Gasteiger partial charge is 0.455 e. The molecule has 0 N–H and O–H groups in total. The van der Waals surface area contributed by atoms with Crippen molar-refractivity contribution in [3.63, 3.8) is 0 Å². The number of hydrogen-bond donors (Lipinski definition) is 0. The molecule has 0 spiro atoms. The third-order valence-corrected chi connectivity index (χ3v) is 15.7. The second-order valence-electron chi connectivity index (χ2n) is 13.5. The minimum absolute atomic E-state index is 0.212. The summed E-state index contributed by atoms with van der Waals surface area (Å²) in [7, 11) is -1.20. The highest BCUT2D eigenvalue weighted by atomic mass is 28.3. The summed E-state index contributed by atoms with van der Waals surface area (Å²) in [5.41, 5.74) is 4.66. The van der Waals surface area contributed by atoms with E-state index in [9.17, 15) is 11.5 Å². The Balaban J connectivity index is 1.94. The predicted molar refractivity (Wildman–Crippen MR) is 170 cm³/mol. The van der Waals surface area contributed by atoms with E-state index in [2.05, 4.69) is 48.1 Å². The molecule has 41 heavy (non-hydrogen) atoms. The molecule has 2 nitrogen and oxygen atoms in total. The van der Waals surface area contributed by atoms with E-state index in [4.69, 9.17) is 8.53 Å². The number of hydrogen-bond acceptors (Lipinski definition) is 1. The van der Waals surface area contributed by atoms with E-state index in [1.54, 1.807) is 36.0 Å². The summed E-state index contributed by atoms with van der Waals surface area (Å²) in [6, 6.07) is 14.1. The molecular formula is C36H42F2NOSi+. The summed E-state index contributed by atoms with van der Waals surface area (Å²) in [6.07, 6.45) is 1.59. The zero-order valence-electron chi connectivity index (χ0n) is 30.4. The molecule has 214 valence electrons. The van der Waals surface area contributed by atoms with Crippen molar-refractivity contribution in [3.05, 3.63) is 89.1 Å². The summed E-state index contributed by atoms with van der Waals surface area (Å²) in [4.78, 5) is 0. The Kier molecular flexibility index (Phi) is 5.62. The second kappa shape index (κ2) is 9.90. The van der Waals surface area contributed by atoms with Gasteiger partial charge in [0.15, 0.2) is 6.20 Å². The van der Waals surface area contributed by atoms with Gasteiger partial charge < -0.3 is 4.42 Å². The Morgan fingerprint density at radius 2 is 1.49 bits per heavy atom. The molecule has 5 rings (SSSR count). The van der Waals surface area contributed by atoms with Gasteiger partial charge in [0.25, 0.3) is 0 Å². The van der Waals surface area contributed by atoms with E-state index in [1.165, 1.54) is 12.1 Å². The van der Waals surface area contributed by atoms with Gasteiger partial charge in [-0.25, -0.2) is 13.3 Å². The Hall–Kier alpha value is -3.31. The minimum atomic E-state index is -2.99. The Bertz CT molecular complexity index is 1970. The molecule has 2 heterocycles. The molecule has 0 radical (unpaired) electrons. The zero-order chi connectivity index (χ0) is 34.4. The number of aryl methyl sites for hydroxylation is 3. The van der Waals surface area contributed by atoms with Crippen LogP contribution in [0.4, 0.5) is 8.78 Å². The first-order valence-electron chi connectivity index (χ1n) is 16.5. The molecule has 0 saturated carbocycles. The molecule has 0 fully saturated rings. The van der Waals surface area contributed by atoms with Crippen molar-refractivity contribution in [1.82, 2.24) is 0 Å². The summed E-state index contributed by atoms with van der Waals surface area (Å²) < 4.78 is 81.1. The summed E-state index contributed by atoms with van der Waals surface area (Å²) in [6.45, 7) is 14.3. The lowest BCUT2D eigenvalue weighted by molar-refractivity contribution is -0.660. The first-order valence-corrected chi connectivity index (χ1v) is 16.5. The Morgan fingerprint density at radius 3 is 2.07 bits per heavy atom. The van der Waals surface area contributed by atoms with Crippen molar-refractivity contribution in [3.8, 4) is 22.4 Å². The molecule has 0 amide bonds. The van der Waals surface area contributed by atoms with Crippen molar-refractivity contribution in [2.75, 3.05) is 0 Å². The van der Waals surface area contributed by atoms with Crippen LogP contribution in [-0.4, -0.2) is 8.07 Å². The third kappa shape index (κ3) is 5.03. The normalized spacial score (nSPS) is 15.4. The van der Waals surface area contributed by atoms with E-state index in [0.29, 0.717) is 33.2 Å². The van der Waals surface area contributed by atoms with Crippen molar-refractivity contribution in [2.24, 2.45) is 7.05 Å². The number of benzene rings is 3. The van der Waals surface area contributed by atoms with E-state index in [1.807, 2.05) is 25.1 Å². The zero-order valence-corrected chi connectivity index (χ0v) is 26.4. The van der Waals surface area contributed by atoms with Gasteiger partial charge in [0, 0.05) is 35.3 Å². The fourth-order valence-corrected chi connectivity index (χ4v) is 9.70. The van der Waals surface area contributed by atoms with E-state index < -0.39 is 32.6 Å². The Morgan fingerprint density at radius 1 is 0.854 bits per heavy atom. The topological polar surface area (TPSA) is 17.0 Å². The molecule has 5 aromatic rings. The van der Waals surface area contributed by atoms with Gasteiger partial charge in [-0.05, 0) is 82.4 Å². The van der Waals surface area contributed by atoms with Crippen molar-refractivity contribution in [2.45, 2.75) is 77.9 Å². The van der Waals surface area contributed by atoms with E-state index >= 15 is 0 Å². The molecule has 0 bridgehead atoms. The van der Waals surface area contributed by atoms with Gasteiger partial charge in [0.1, 0.15) is 29.8 Å². The van der Waals surface area contributed by atoms with Crippen molar-refractivity contribution in [1.29, 1.82) is 0 Å². The molecular weight excluding hydrogens is 528 g/mol. The van der Waals surface area contributed by atoms with Gasteiger partial charge >= 0.3 is 0 Å². The average molecular weight is 576 g/mol. The number of rotatable bonds is 4. The fraction of sp³-hybridized carbons (Fsp3) is 0.361. The molecule has 3 aromatic carbocycles. The van der Waals surface area contributed by atoms with Gasteiger partial charge in [0.2, 0.25) is 5.69 Å². The lowest BCUT2D eigenvalue weighted by Crippen LogP contribution is -2.51. The van der Waals surface area contributed by atoms with Gasteiger partial charge in [-0.1, -0.05) is 60.2 Å². The molecule has 0 aliphatic heterocycles. The van der Waals surface area contributed by atoms with Crippen LogP contribution in [0.3, 0.4) is 0 Å². The molecule has 0 aliphatic rings. The second-order valence-corrected chi connectivity index (χ2v) is 19.0. The number of fused-ring (bicyclic) bond motifs is 3. The van der Waals surface area contributed by atoms with Gasteiger partial charge in [-0.3, -0.25) is 0 Å². The highest BCUT2D eigenvalue weighted by Crippen LogP contribution is 2.53. The highest BCUT2D eigenvalue weighted by molar-refractivity contribution is 6.83. The predicted octanol–water partition coefficient (Wildman–Crippen LogP) is 10.4. The summed E-state index contributed by atoms with van der Waals surface area (Å²) in [5, 5.41) is 0.599. The number of halogens is 2. The van der Waals surface area contributed by atoms with Crippen LogP contribution in [0.2, 0.25) is 16.6 Å². The van der Waals surface area contributed by atoms with E-state index in [0.717, 1.165) is 28.3 Å². The maximum Gasteiger partial charge on any atom is 0.216 e. The lowest BCUT2D eigenvalue weighted by atomic mass is 9.97. The number of nitrogens with zero attached hydrogens (tertiary/aromatic N) is 1. The van der Waals surface area contributed by atoms with Crippen LogP contribution in [0, 0.1) is 25.4 Å². The van der Waals surface area contributed by atoms with Crippen LogP contribution < -0.4 is 4.57 Å². The number of pyridine rings is 1. The lowest BCUT2D eigenvalue weighted by Gasteiger charge is -2.50. The fourth-order valence-electron chi connectivity index (χ4n) is 5.97. The monoisotopic (exact) mass is 575 g/mol. The molecule has 2 aromatic heterocycles. The molecule has 0 aliphatic carbocycles. The van der Waals surface area contributed by atoms with Crippen LogP contribution in [-0.2, 0) is 13.0 Å². The number of furan rings is 1. The van der Waals surface area contributed by atoms with Gasteiger partial charge in [0.05, 0.1) is 13.6 Å². The minimum Gasteiger partial charge on any atom is -0.455 e.